The van der Waals surface area contributed by atoms with Gasteiger partial charge in [-0.05, 0) is 24.5 Å². The molecule has 5 rings (SSSR count). The fraction of sp³-hybridized carbons (Fsp3) is 0.500. The first-order valence-electron chi connectivity index (χ1n) is 9.11. The summed E-state index contributed by atoms with van der Waals surface area (Å²) in [5, 5.41) is 3.05. The minimum atomic E-state index is -0.699. The summed E-state index contributed by atoms with van der Waals surface area (Å²) < 4.78 is 16.7. The average Bonchev–Trinajstić information content (AvgIpc) is 3.26. The summed E-state index contributed by atoms with van der Waals surface area (Å²) in [6, 6.07) is 3.89. The summed E-state index contributed by atoms with van der Waals surface area (Å²) >= 11 is 0. The summed E-state index contributed by atoms with van der Waals surface area (Å²) in [5.74, 6) is 1.36. The van der Waals surface area contributed by atoms with Crippen molar-refractivity contribution in [3.63, 3.8) is 0 Å². The van der Waals surface area contributed by atoms with Gasteiger partial charge in [-0.2, -0.15) is 0 Å². The van der Waals surface area contributed by atoms with Crippen LogP contribution in [0.4, 0.5) is 4.79 Å². The maximum atomic E-state index is 13.0. The maximum Gasteiger partial charge on any atom is 0.407 e. The third-order valence-electron chi connectivity index (χ3n) is 7.15. The van der Waals surface area contributed by atoms with Gasteiger partial charge in [0.1, 0.15) is 12.1 Å². The first kappa shape index (κ1) is 16.5. The highest BCUT2D eigenvalue weighted by atomic mass is 16.6. The van der Waals surface area contributed by atoms with Crippen LogP contribution in [-0.2, 0) is 14.9 Å². The number of rotatable bonds is 2. The van der Waals surface area contributed by atoms with Crippen molar-refractivity contribution < 1.29 is 23.8 Å². The Morgan fingerprint density at radius 2 is 2.00 bits per heavy atom. The molecule has 2 aliphatic carbocycles. The van der Waals surface area contributed by atoms with Crippen LogP contribution in [-0.4, -0.2) is 55.9 Å². The van der Waals surface area contributed by atoms with Crippen molar-refractivity contribution in [1.29, 1.82) is 0 Å². The highest BCUT2D eigenvalue weighted by Crippen LogP contribution is 2.67. The molecule has 7 heteroatoms. The van der Waals surface area contributed by atoms with E-state index in [1.807, 2.05) is 25.3 Å². The monoisotopic (exact) mass is 370 g/mol. The minimum Gasteiger partial charge on any atom is -0.493 e. The zero-order valence-corrected chi connectivity index (χ0v) is 15.6. The van der Waals surface area contributed by atoms with Crippen molar-refractivity contribution >= 4 is 18.1 Å². The molecule has 0 bridgehead atoms. The molecule has 1 aromatic rings. The molecule has 1 N–H and O–H groups in total. The van der Waals surface area contributed by atoms with E-state index in [2.05, 4.69) is 11.4 Å². The molecule has 4 aliphatic rings. The second-order valence-electron chi connectivity index (χ2n) is 7.86. The summed E-state index contributed by atoms with van der Waals surface area (Å²) in [5.41, 5.74) is 0.156. The number of hydrogen-bond donors (Lipinski definition) is 1. The Bertz CT molecular complexity index is 912. The van der Waals surface area contributed by atoms with E-state index in [1.54, 1.807) is 19.1 Å². The van der Waals surface area contributed by atoms with Crippen molar-refractivity contribution in [1.82, 2.24) is 10.2 Å². The van der Waals surface area contributed by atoms with Gasteiger partial charge in [0.2, 0.25) is 5.91 Å². The van der Waals surface area contributed by atoms with Crippen LogP contribution in [0.1, 0.15) is 30.4 Å². The lowest BCUT2D eigenvalue weighted by Gasteiger charge is -2.51. The molecule has 7 nitrogen and oxygen atoms in total. The second-order valence-corrected chi connectivity index (χ2v) is 7.86. The van der Waals surface area contributed by atoms with Crippen LogP contribution in [0.25, 0.3) is 6.08 Å². The van der Waals surface area contributed by atoms with Crippen molar-refractivity contribution in [2.75, 3.05) is 27.9 Å². The van der Waals surface area contributed by atoms with Gasteiger partial charge in [0.25, 0.3) is 0 Å². The number of hydrogen-bond acceptors (Lipinski definition) is 5. The number of amides is 2. The van der Waals surface area contributed by atoms with Gasteiger partial charge in [-0.1, -0.05) is 18.2 Å². The van der Waals surface area contributed by atoms with Gasteiger partial charge in [-0.25, -0.2) is 4.79 Å². The third-order valence-corrected chi connectivity index (χ3v) is 7.15. The van der Waals surface area contributed by atoms with Crippen molar-refractivity contribution in [3.8, 4) is 11.5 Å². The van der Waals surface area contributed by atoms with E-state index in [0.717, 1.165) is 24.0 Å². The van der Waals surface area contributed by atoms with Crippen molar-refractivity contribution in [2.45, 2.75) is 35.8 Å². The summed E-state index contributed by atoms with van der Waals surface area (Å²) in [4.78, 5) is 26.8. The van der Waals surface area contributed by atoms with E-state index in [-0.39, 0.29) is 12.5 Å². The van der Waals surface area contributed by atoms with E-state index in [4.69, 9.17) is 14.2 Å². The number of nitrogens with one attached hydrogen (secondary N) is 1. The van der Waals surface area contributed by atoms with E-state index in [1.165, 1.54) is 0 Å². The molecule has 1 aromatic carbocycles. The molecule has 3 atom stereocenters. The fourth-order valence-corrected chi connectivity index (χ4v) is 6.12. The Balaban J connectivity index is 1.84. The number of fused-ring (bicyclic) bond motifs is 1. The van der Waals surface area contributed by atoms with E-state index >= 15 is 0 Å². The van der Waals surface area contributed by atoms with Gasteiger partial charge in [-0.3, -0.25) is 4.79 Å². The van der Waals surface area contributed by atoms with Crippen molar-refractivity contribution in [3.05, 3.63) is 29.3 Å². The largest absolute Gasteiger partial charge is 0.493 e. The summed E-state index contributed by atoms with van der Waals surface area (Å²) in [6.45, 7) is 0.247. The lowest BCUT2D eigenvalue weighted by molar-refractivity contribution is -0.130. The normalized spacial score (nSPS) is 35.6. The third kappa shape index (κ3) is 1.60. The molecular weight excluding hydrogens is 348 g/mol. The number of likely N-dealkylation sites (tertiary alicyclic amines) is 1. The number of nitrogens with zero attached hydrogens (tertiary/aromatic N) is 1. The Morgan fingerprint density at radius 1 is 1.19 bits per heavy atom. The Kier molecular flexibility index (Phi) is 3.03. The molecule has 0 unspecified atom stereocenters. The molecule has 2 amide bonds. The number of carbonyl (C=O) groups is 2. The number of likely N-dealkylation sites (N-methyl/N-ethyl adjacent to an activating group) is 1. The number of ether oxygens (including phenoxy) is 3. The van der Waals surface area contributed by atoms with Gasteiger partial charge < -0.3 is 24.4 Å². The summed E-state index contributed by atoms with van der Waals surface area (Å²) in [7, 11) is 5.06. The minimum absolute atomic E-state index is 0.0533. The predicted molar refractivity (Wildman–Crippen MR) is 96.8 cm³/mol. The topological polar surface area (TPSA) is 77.1 Å². The Hall–Kier alpha value is -2.70. The van der Waals surface area contributed by atoms with Crippen molar-refractivity contribution in [2.24, 2.45) is 0 Å². The van der Waals surface area contributed by atoms with Gasteiger partial charge in [0.05, 0.1) is 19.8 Å². The lowest BCUT2D eigenvalue weighted by Crippen LogP contribution is -2.69. The molecule has 1 saturated carbocycles. The van der Waals surface area contributed by atoms with Gasteiger partial charge in [0.15, 0.2) is 11.5 Å². The Morgan fingerprint density at radius 3 is 2.67 bits per heavy atom. The molecule has 2 saturated heterocycles. The number of alkyl carbamates (subject to hydrolysis) is 1. The maximum absolute atomic E-state index is 13.0. The molecule has 27 heavy (non-hydrogen) atoms. The van der Waals surface area contributed by atoms with Gasteiger partial charge in [0, 0.05) is 24.4 Å². The van der Waals surface area contributed by atoms with Crippen LogP contribution < -0.4 is 14.8 Å². The number of methoxy groups -OCH3 is 2. The highest BCUT2D eigenvalue weighted by Gasteiger charge is 2.77. The smallest absolute Gasteiger partial charge is 0.407 e. The highest BCUT2D eigenvalue weighted by molar-refractivity contribution is 5.89. The van der Waals surface area contributed by atoms with E-state index in [0.29, 0.717) is 17.9 Å². The first-order valence-corrected chi connectivity index (χ1v) is 9.11. The van der Waals surface area contributed by atoms with Gasteiger partial charge >= 0.3 is 6.09 Å². The predicted octanol–water partition coefficient (Wildman–Crippen LogP) is 1.84. The first-order chi connectivity index (χ1) is 12.9. The molecule has 0 radical (unpaired) electrons. The lowest BCUT2D eigenvalue weighted by atomic mass is 9.59. The van der Waals surface area contributed by atoms with Gasteiger partial charge in [-0.15, -0.1) is 0 Å². The van der Waals surface area contributed by atoms with Crippen LogP contribution >= 0.6 is 0 Å². The SMILES string of the molecule is COc1ccc2c(c1OC)[C@@]13CC[C@@]4(COC(=O)N4)[C@]1(C=C2)N(C)C(=O)C3. The number of cyclic esters (lactones) is 1. The van der Waals surface area contributed by atoms with Crippen LogP contribution in [0, 0.1) is 0 Å². The number of benzene rings is 1. The molecule has 0 aromatic heterocycles. The van der Waals surface area contributed by atoms with Crippen LogP contribution in [0.15, 0.2) is 18.2 Å². The van der Waals surface area contributed by atoms with Crippen LogP contribution in [0.2, 0.25) is 0 Å². The summed E-state index contributed by atoms with van der Waals surface area (Å²) in [6.07, 6.45) is 5.52. The standard InChI is InChI=1S/C20H22N2O5/c1-22-14(23)10-18-8-9-19(11-27-17(24)21-19)20(18,22)7-6-12-4-5-13(25-2)16(26-3)15(12)18/h4-7H,8-11H2,1-3H3,(H,21,24)/t18-,19+,20+/m0/s1. The Labute approximate surface area is 157 Å². The molecule has 142 valence electrons. The molecule has 2 aliphatic heterocycles. The van der Waals surface area contributed by atoms with E-state index < -0.39 is 22.6 Å². The second kappa shape index (κ2) is 4.97. The molecule has 2 heterocycles. The fourth-order valence-electron chi connectivity index (χ4n) is 6.12. The zero-order valence-electron chi connectivity index (χ0n) is 15.6. The molecule has 3 fully saturated rings. The average molecular weight is 370 g/mol. The molecular formula is C20H22N2O5. The van der Waals surface area contributed by atoms with Crippen LogP contribution in [0.3, 0.4) is 0 Å². The van der Waals surface area contributed by atoms with E-state index in [9.17, 15) is 9.59 Å². The molecule has 1 spiro atoms. The quantitative estimate of drug-likeness (QED) is 0.860. The zero-order chi connectivity index (χ0) is 19.0. The number of carbonyl (C=O) groups excluding carboxylic acids is 2. The van der Waals surface area contributed by atoms with Crippen LogP contribution in [0.5, 0.6) is 11.5 Å².